The van der Waals surface area contributed by atoms with Crippen LogP contribution in [0.15, 0.2) is 58.5 Å². The van der Waals surface area contributed by atoms with Crippen LogP contribution in [0.1, 0.15) is 22.5 Å². The summed E-state index contributed by atoms with van der Waals surface area (Å²) in [5.41, 5.74) is 1.71. The Morgan fingerprint density at radius 2 is 1.93 bits per heavy atom. The molecular weight excluding hydrogens is 375 g/mol. The molecule has 29 heavy (non-hydrogen) atoms. The molecule has 3 aromatic rings. The predicted molar refractivity (Wildman–Crippen MR) is 106 cm³/mol. The largest absolute Gasteiger partial charge is 0.390 e. The Kier molecular flexibility index (Phi) is 5.07. The van der Waals surface area contributed by atoms with Gasteiger partial charge < -0.3 is 10.2 Å². The first-order chi connectivity index (χ1) is 14.0. The Morgan fingerprint density at radius 3 is 2.69 bits per heavy atom. The van der Waals surface area contributed by atoms with Gasteiger partial charge in [0.2, 0.25) is 0 Å². The molecule has 0 saturated heterocycles. The summed E-state index contributed by atoms with van der Waals surface area (Å²) in [5.74, 6) is -0.661. The molecule has 1 amide bonds. The van der Waals surface area contributed by atoms with Crippen molar-refractivity contribution in [3.63, 3.8) is 0 Å². The van der Waals surface area contributed by atoms with Gasteiger partial charge in [-0.25, -0.2) is 9.07 Å². The molecule has 1 atom stereocenters. The van der Waals surface area contributed by atoms with Crippen LogP contribution in [0.5, 0.6) is 0 Å². The Labute approximate surface area is 165 Å². The number of benzene rings is 2. The second-order valence-electron chi connectivity index (χ2n) is 6.93. The van der Waals surface area contributed by atoms with E-state index in [1.165, 1.54) is 19.2 Å². The maximum absolute atomic E-state index is 13.0. The van der Waals surface area contributed by atoms with E-state index in [0.717, 1.165) is 16.0 Å². The van der Waals surface area contributed by atoms with Crippen LogP contribution in [0.4, 0.5) is 4.39 Å². The molecule has 2 aromatic carbocycles. The quantitative estimate of drug-likeness (QED) is 0.719. The van der Waals surface area contributed by atoms with E-state index in [4.69, 9.17) is 4.84 Å². The van der Waals surface area contributed by atoms with Gasteiger partial charge in [-0.05, 0) is 23.8 Å². The number of oxime groups is 1. The number of amides is 1. The van der Waals surface area contributed by atoms with Crippen LogP contribution >= 0.6 is 0 Å². The number of fused-ring (bicyclic) bond motifs is 1. The summed E-state index contributed by atoms with van der Waals surface area (Å²) in [6, 6.07) is 13.1. The van der Waals surface area contributed by atoms with Gasteiger partial charge in [0.25, 0.3) is 11.5 Å². The number of aryl methyl sites for hydroxylation is 1. The van der Waals surface area contributed by atoms with Crippen molar-refractivity contribution in [2.24, 2.45) is 12.2 Å². The van der Waals surface area contributed by atoms with Crippen LogP contribution in [0.2, 0.25) is 0 Å². The van der Waals surface area contributed by atoms with Crippen molar-refractivity contribution in [1.82, 2.24) is 15.1 Å². The van der Waals surface area contributed by atoms with Crippen LogP contribution < -0.4 is 10.9 Å². The molecule has 0 fully saturated rings. The van der Waals surface area contributed by atoms with Crippen LogP contribution in [-0.4, -0.2) is 34.0 Å². The SMILES string of the molecule is Cn1nc(C(=O)NCC2CC(Cc3ccc(F)cc3)=NO2)c2ccccc2c1=O. The standard InChI is InChI=1S/C21H19FN4O3/c1-26-21(28)18-5-3-2-4-17(18)19(24-26)20(27)23-12-16-11-15(25-29-16)10-13-6-8-14(22)9-7-13/h2-9,16H,10-12H2,1H3,(H,23,27). The number of hydrogen-bond donors (Lipinski definition) is 1. The van der Waals surface area contributed by atoms with E-state index in [9.17, 15) is 14.0 Å². The zero-order valence-corrected chi connectivity index (χ0v) is 15.8. The van der Waals surface area contributed by atoms with Crippen molar-refractivity contribution in [3.8, 4) is 0 Å². The third-order valence-electron chi connectivity index (χ3n) is 4.78. The summed E-state index contributed by atoms with van der Waals surface area (Å²) in [6.07, 6.45) is 0.852. The average molecular weight is 394 g/mol. The summed E-state index contributed by atoms with van der Waals surface area (Å²) in [6.45, 7) is 0.258. The van der Waals surface area contributed by atoms with E-state index >= 15 is 0 Å². The molecule has 7 nitrogen and oxygen atoms in total. The highest BCUT2D eigenvalue weighted by atomic mass is 19.1. The smallest absolute Gasteiger partial charge is 0.274 e. The molecule has 0 spiro atoms. The summed E-state index contributed by atoms with van der Waals surface area (Å²) >= 11 is 0. The fourth-order valence-corrected chi connectivity index (χ4v) is 3.30. The minimum Gasteiger partial charge on any atom is -0.390 e. The second-order valence-corrected chi connectivity index (χ2v) is 6.93. The topological polar surface area (TPSA) is 85.6 Å². The number of nitrogens with zero attached hydrogens (tertiary/aromatic N) is 3. The number of carbonyl (C=O) groups is 1. The molecule has 0 bridgehead atoms. The van der Waals surface area contributed by atoms with Crippen LogP contribution in [0, 0.1) is 5.82 Å². The lowest BCUT2D eigenvalue weighted by atomic mass is 10.0. The van der Waals surface area contributed by atoms with Gasteiger partial charge in [-0.2, -0.15) is 5.10 Å². The number of aromatic nitrogens is 2. The monoisotopic (exact) mass is 394 g/mol. The Bertz CT molecular complexity index is 1150. The highest BCUT2D eigenvalue weighted by molar-refractivity contribution is 6.04. The highest BCUT2D eigenvalue weighted by Gasteiger charge is 2.23. The molecule has 8 heteroatoms. The maximum Gasteiger partial charge on any atom is 0.274 e. The van der Waals surface area contributed by atoms with Crippen LogP contribution in [-0.2, 0) is 18.3 Å². The maximum atomic E-state index is 13.0. The molecule has 1 aromatic heterocycles. The molecule has 1 N–H and O–H groups in total. The van der Waals surface area contributed by atoms with Crippen molar-refractivity contribution in [2.45, 2.75) is 18.9 Å². The molecule has 0 radical (unpaired) electrons. The number of rotatable bonds is 5. The van der Waals surface area contributed by atoms with Crippen molar-refractivity contribution in [1.29, 1.82) is 0 Å². The average Bonchev–Trinajstić information content (AvgIpc) is 3.18. The normalized spacial score (nSPS) is 15.8. The van der Waals surface area contributed by atoms with Crippen molar-refractivity contribution in [3.05, 3.63) is 76.0 Å². The fraction of sp³-hybridized carbons (Fsp3) is 0.238. The molecule has 1 aliphatic heterocycles. The summed E-state index contributed by atoms with van der Waals surface area (Å²) in [5, 5.41) is 11.9. The Morgan fingerprint density at radius 1 is 1.21 bits per heavy atom. The predicted octanol–water partition coefficient (Wildman–Crippen LogP) is 2.19. The van der Waals surface area contributed by atoms with Gasteiger partial charge >= 0.3 is 0 Å². The molecular formula is C21H19FN4O3. The van der Waals surface area contributed by atoms with Crippen molar-refractivity contribution < 1.29 is 14.0 Å². The molecule has 1 aliphatic rings. The number of halogens is 1. The minimum absolute atomic E-state index is 0.188. The number of hydrogen-bond acceptors (Lipinski definition) is 5. The van der Waals surface area contributed by atoms with Gasteiger partial charge in [0.1, 0.15) is 11.9 Å². The van der Waals surface area contributed by atoms with Gasteiger partial charge in [0.15, 0.2) is 5.69 Å². The van der Waals surface area contributed by atoms with E-state index in [1.54, 1.807) is 36.4 Å². The van der Waals surface area contributed by atoms with Gasteiger partial charge in [-0.1, -0.05) is 35.5 Å². The first-order valence-electron chi connectivity index (χ1n) is 9.21. The van der Waals surface area contributed by atoms with E-state index in [0.29, 0.717) is 23.6 Å². The van der Waals surface area contributed by atoms with E-state index in [-0.39, 0.29) is 35.6 Å². The van der Waals surface area contributed by atoms with E-state index < -0.39 is 0 Å². The first-order valence-corrected chi connectivity index (χ1v) is 9.21. The van der Waals surface area contributed by atoms with Gasteiger partial charge in [0, 0.05) is 25.3 Å². The summed E-state index contributed by atoms with van der Waals surface area (Å²) in [4.78, 5) is 30.3. The van der Waals surface area contributed by atoms with E-state index in [1.807, 2.05) is 0 Å². The number of nitrogens with one attached hydrogen (secondary N) is 1. The fourth-order valence-electron chi connectivity index (χ4n) is 3.30. The Balaban J connectivity index is 1.39. The zero-order chi connectivity index (χ0) is 20.4. The third-order valence-corrected chi connectivity index (χ3v) is 4.78. The van der Waals surface area contributed by atoms with Crippen LogP contribution in [0.25, 0.3) is 10.8 Å². The van der Waals surface area contributed by atoms with Gasteiger partial charge in [-0.3, -0.25) is 9.59 Å². The third kappa shape index (κ3) is 4.01. The molecule has 2 heterocycles. The van der Waals surface area contributed by atoms with Crippen LogP contribution in [0.3, 0.4) is 0 Å². The molecule has 1 unspecified atom stereocenters. The minimum atomic E-state index is -0.382. The first kappa shape index (κ1) is 18.8. The van der Waals surface area contributed by atoms with Gasteiger partial charge in [-0.15, -0.1) is 0 Å². The highest BCUT2D eigenvalue weighted by Crippen LogP contribution is 2.16. The summed E-state index contributed by atoms with van der Waals surface area (Å²) < 4.78 is 14.2. The molecule has 0 saturated carbocycles. The lowest BCUT2D eigenvalue weighted by Gasteiger charge is -2.11. The summed E-state index contributed by atoms with van der Waals surface area (Å²) in [7, 11) is 1.52. The Hall–Kier alpha value is -3.55. The molecule has 0 aliphatic carbocycles. The van der Waals surface area contributed by atoms with Gasteiger partial charge in [0.05, 0.1) is 17.6 Å². The van der Waals surface area contributed by atoms with Crippen molar-refractivity contribution >= 4 is 22.4 Å². The zero-order valence-electron chi connectivity index (χ0n) is 15.8. The number of carbonyl (C=O) groups excluding carboxylic acids is 1. The molecule has 4 rings (SSSR count). The lowest BCUT2D eigenvalue weighted by molar-refractivity contribution is 0.0751. The van der Waals surface area contributed by atoms with E-state index in [2.05, 4.69) is 15.6 Å². The second kappa shape index (κ2) is 7.83. The molecule has 148 valence electrons. The van der Waals surface area contributed by atoms with Crippen molar-refractivity contribution in [2.75, 3.05) is 6.54 Å². The lowest BCUT2D eigenvalue weighted by Crippen LogP contribution is -2.34.